The van der Waals surface area contributed by atoms with Gasteiger partial charge in [-0.15, -0.1) is 0 Å². The second-order valence-corrected chi connectivity index (χ2v) is 6.63. The first-order valence-corrected chi connectivity index (χ1v) is 9.07. The fourth-order valence-corrected chi connectivity index (χ4v) is 3.24. The zero-order chi connectivity index (χ0) is 19.4. The van der Waals surface area contributed by atoms with E-state index in [-0.39, 0.29) is 11.9 Å². The second kappa shape index (κ2) is 8.17. The Labute approximate surface area is 157 Å². The van der Waals surface area contributed by atoms with Crippen LogP contribution in [0.3, 0.4) is 0 Å². The summed E-state index contributed by atoms with van der Waals surface area (Å²) in [6, 6.07) is 8.37. The molecule has 2 atom stereocenters. The number of carbonyl (C=O) groups is 2. The van der Waals surface area contributed by atoms with E-state index >= 15 is 0 Å². The van der Waals surface area contributed by atoms with Gasteiger partial charge in [-0.05, 0) is 19.8 Å². The standard InChI is InChI=1S/C18H25N7O2/c1-12-16-22-15(13-6-3-2-4-7-13)23-25(16)11-10-24(12)17(26)14(19)8-5-9-21-18(20)27/h2-4,6-7,12,14H,5,8-11,19H2,1H3,(H3,20,21,27)/t12-,14-/m0/s1. The third kappa shape index (κ3) is 4.25. The van der Waals surface area contributed by atoms with Crippen molar-refractivity contribution in [3.05, 3.63) is 36.2 Å². The number of nitrogens with two attached hydrogens (primary N) is 2. The molecule has 0 bridgehead atoms. The van der Waals surface area contributed by atoms with E-state index in [1.165, 1.54) is 0 Å². The summed E-state index contributed by atoms with van der Waals surface area (Å²) in [4.78, 5) is 29.8. The molecule has 5 N–H and O–H groups in total. The van der Waals surface area contributed by atoms with Crippen LogP contribution in [0, 0.1) is 0 Å². The van der Waals surface area contributed by atoms with Gasteiger partial charge in [0.15, 0.2) is 5.82 Å². The number of benzene rings is 1. The lowest BCUT2D eigenvalue weighted by molar-refractivity contribution is -0.136. The van der Waals surface area contributed by atoms with Crippen molar-refractivity contribution in [1.82, 2.24) is 25.0 Å². The first kappa shape index (κ1) is 18.8. The molecule has 3 amide bonds. The van der Waals surface area contributed by atoms with E-state index in [2.05, 4.69) is 15.4 Å². The molecule has 0 radical (unpaired) electrons. The number of amides is 3. The van der Waals surface area contributed by atoms with Gasteiger partial charge in [-0.3, -0.25) is 4.79 Å². The Kier molecular flexibility index (Phi) is 5.70. The second-order valence-electron chi connectivity index (χ2n) is 6.63. The highest BCUT2D eigenvalue weighted by Crippen LogP contribution is 2.26. The largest absolute Gasteiger partial charge is 0.352 e. The number of hydrogen-bond acceptors (Lipinski definition) is 5. The SMILES string of the molecule is C[C@H]1c2nc(-c3ccccc3)nn2CCN1C(=O)[C@@H](N)CCCNC(N)=O. The van der Waals surface area contributed by atoms with Gasteiger partial charge in [0.25, 0.3) is 0 Å². The smallest absolute Gasteiger partial charge is 0.312 e. The van der Waals surface area contributed by atoms with E-state index < -0.39 is 12.1 Å². The van der Waals surface area contributed by atoms with Crippen LogP contribution in [-0.2, 0) is 11.3 Å². The van der Waals surface area contributed by atoms with Crippen LogP contribution in [0.1, 0.15) is 31.6 Å². The molecule has 3 rings (SSSR count). The Balaban J connectivity index is 1.65. The van der Waals surface area contributed by atoms with Crippen LogP contribution in [-0.4, -0.2) is 50.7 Å². The summed E-state index contributed by atoms with van der Waals surface area (Å²) in [5.74, 6) is 1.31. The lowest BCUT2D eigenvalue weighted by Crippen LogP contribution is -2.49. The number of aromatic nitrogens is 3. The lowest BCUT2D eigenvalue weighted by Gasteiger charge is -2.34. The number of primary amides is 1. The maximum atomic E-state index is 12.8. The molecule has 2 heterocycles. The average molecular weight is 371 g/mol. The Morgan fingerprint density at radius 1 is 1.30 bits per heavy atom. The van der Waals surface area contributed by atoms with Crippen molar-refractivity contribution < 1.29 is 9.59 Å². The van der Waals surface area contributed by atoms with Gasteiger partial charge in [-0.25, -0.2) is 14.5 Å². The predicted octanol–water partition coefficient (Wildman–Crippen LogP) is 0.624. The summed E-state index contributed by atoms with van der Waals surface area (Å²) in [7, 11) is 0. The molecular weight excluding hydrogens is 346 g/mol. The Morgan fingerprint density at radius 3 is 2.74 bits per heavy atom. The minimum Gasteiger partial charge on any atom is -0.352 e. The summed E-state index contributed by atoms with van der Waals surface area (Å²) in [5, 5.41) is 7.07. The van der Waals surface area contributed by atoms with Gasteiger partial charge in [-0.2, -0.15) is 5.10 Å². The number of hydrogen-bond donors (Lipinski definition) is 3. The maximum absolute atomic E-state index is 12.8. The van der Waals surface area contributed by atoms with Crippen molar-refractivity contribution in [1.29, 1.82) is 0 Å². The van der Waals surface area contributed by atoms with Crippen LogP contribution in [0.25, 0.3) is 11.4 Å². The summed E-state index contributed by atoms with van der Waals surface area (Å²) < 4.78 is 1.86. The highest BCUT2D eigenvalue weighted by molar-refractivity contribution is 5.82. The van der Waals surface area contributed by atoms with Gasteiger partial charge in [0.2, 0.25) is 5.91 Å². The van der Waals surface area contributed by atoms with Crippen LogP contribution in [0.2, 0.25) is 0 Å². The van der Waals surface area contributed by atoms with Crippen LogP contribution < -0.4 is 16.8 Å². The number of fused-ring (bicyclic) bond motifs is 1. The third-order valence-electron chi connectivity index (χ3n) is 4.72. The average Bonchev–Trinajstić information content (AvgIpc) is 3.11. The molecule has 1 aliphatic heterocycles. The molecule has 27 heavy (non-hydrogen) atoms. The van der Waals surface area contributed by atoms with Crippen molar-refractivity contribution in [3.8, 4) is 11.4 Å². The zero-order valence-electron chi connectivity index (χ0n) is 15.3. The highest BCUT2D eigenvalue weighted by atomic mass is 16.2. The van der Waals surface area contributed by atoms with E-state index in [1.807, 2.05) is 41.9 Å². The molecule has 0 aliphatic carbocycles. The quantitative estimate of drug-likeness (QED) is 0.641. The van der Waals surface area contributed by atoms with Crippen molar-refractivity contribution in [2.45, 2.75) is 38.4 Å². The highest BCUT2D eigenvalue weighted by Gasteiger charge is 2.32. The minimum absolute atomic E-state index is 0.114. The van der Waals surface area contributed by atoms with Crippen molar-refractivity contribution in [2.24, 2.45) is 11.5 Å². The first-order valence-electron chi connectivity index (χ1n) is 9.07. The van der Waals surface area contributed by atoms with Gasteiger partial charge in [0.1, 0.15) is 5.82 Å². The van der Waals surface area contributed by atoms with Crippen LogP contribution in [0.4, 0.5) is 4.79 Å². The minimum atomic E-state index is -0.620. The summed E-state index contributed by atoms with van der Waals surface area (Å²) in [5.41, 5.74) is 12.0. The van der Waals surface area contributed by atoms with Gasteiger partial charge in [0.05, 0.1) is 18.6 Å². The van der Waals surface area contributed by atoms with Crippen molar-refractivity contribution in [2.75, 3.05) is 13.1 Å². The molecule has 144 valence electrons. The molecule has 0 saturated heterocycles. The van der Waals surface area contributed by atoms with E-state index in [1.54, 1.807) is 4.90 Å². The van der Waals surface area contributed by atoms with E-state index in [0.29, 0.717) is 38.3 Å². The van der Waals surface area contributed by atoms with Gasteiger partial charge < -0.3 is 21.7 Å². The number of urea groups is 1. The number of nitrogens with zero attached hydrogens (tertiary/aromatic N) is 4. The van der Waals surface area contributed by atoms with Crippen LogP contribution in [0.15, 0.2) is 30.3 Å². The third-order valence-corrected chi connectivity index (χ3v) is 4.72. The Bertz CT molecular complexity index is 805. The fourth-order valence-electron chi connectivity index (χ4n) is 3.24. The number of nitrogens with one attached hydrogen (secondary N) is 1. The molecule has 2 aromatic rings. The van der Waals surface area contributed by atoms with E-state index in [9.17, 15) is 9.59 Å². The van der Waals surface area contributed by atoms with Crippen molar-refractivity contribution >= 4 is 11.9 Å². The molecule has 1 aromatic heterocycles. The van der Waals surface area contributed by atoms with Gasteiger partial charge in [-0.1, -0.05) is 30.3 Å². The molecule has 1 aliphatic rings. The number of rotatable bonds is 6. The molecular formula is C18H25N7O2. The Morgan fingerprint density at radius 2 is 2.04 bits per heavy atom. The molecule has 0 spiro atoms. The maximum Gasteiger partial charge on any atom is 0.312 e. The normalized spacial score (nSPS) is 17.3. The molecule has 0 saturated carbocycles. The Hall–Kier alpha value is -2.94. The monoisotopic (exact) mass is 371 g/mol. The fraction of sp³-hybridized carbons (Fsp3) is 0.444. The summed E-state index contributed by atoms with van der Waals surface area (Å²) in [6.07, 6.45) is 1.07. The number of carbonyl (C=O) groups excluding carboxylic acids is 2. The molecule has 1 aromatic carbocycles. The van der Waals surface area contributed by atoms with Crippen molar-refractivity contribution in [3.63, 3.8) is 0 Å². The molecule has 9 nitrogen and oxygen atoms in total. The predicted molar refractivity (Wildman–Crippen MR) is 100 cm³/mol. The van der Waals surface area contributed by atoms with Gasteiger partial charge >= 0.3 is 6.03 Å². The zero-order valence-corrected chi connectivity index (χ0v) is 15.3. The van der Waals surface area contributed by atoms with Gasteiger partial charge in [0, 0.05) is 18.7 Å². The lowest BCUT2D eigenvalue weighted by atomic mass is 10.1. The topological polar surface area (TPSA) is 132 Å². The first-order chi connectivity index (χ1) is 13.0. The summed E-state index contributed by atoms with van der Waals surface area (Å²) in [6.45, 7) is 3.47. The van der Waals surface area contributed by atoms with E-state index in [0.717, 1.165) is 11.4 Å². The molecule has 0 fully saturated rings. The van der Waals surface area contributed by atoms with Crippen LogP contribution in [0.5, 0.6) is 0 Å². The molecule has 9 heteroatoms. The molecule has 0 unspecified atom stereocenters. The summed E-state index contributed by atoms with van der Waals surface area (Å²) >= 11 is 0. The van der Waals surface area contributed by atoms with Crippen LogP contribution >= 0.6 is 0 Å². The van der Waals surface area contributed by atoms with E-state index in [4.69, 9.17) is 11.5 Å².